The van der Waals surface area contributed by atoms with Crippen LogP contribution in [0.5, 0.6) is 0 Å². The van der Waals surface area contributed by atoms with Crippen molar-refractivity contribution in [2.45, 2.75) is 57.8 Å². The van der Waals surface area contributed by atoms with Gasteiger partial charge >= 0.3 is 0 Å². The Morgan fingerprint density at radius 2 is 1.64 bits per heavy atom. The van der Waals surface area contributed by atoms with Crippen molar-refractivity contribution in [1.29, 1.82) is 0 Å². The van der Waals surface area contributed by atoms with Crippen LogP contribution in [0.1, 0.15) is 67.3 Å². The van der Waals surface area contributed by atoms with E-state index >= 15 is 0 Å². The Balaban J connectivity index is 1.55. The molecule has 1 amide bonds. The highest BCUT2D eigenvalue weighted by Gasteiger charge is 2.11. The molecule has 2 heteroatoms. The third kappa shape index (κ3) is 5.19. The topological polar surface area (TPSA) is 43.1 Å². The molecular formula is C23H29NO. The lowest BCUT2D eigenvalue weighted by Gasteiger charge is -2.13. The highest BCUT2D eigenvalue weighted by molar-refractivity contribution is 5.94. The van der Waals surface area contributed by atoms with Crippen molar-refractivity contribution in [3.8, 4) is 11.1 Å². The molecule has 2 aromatic carbocycles. The third-order valence-corrected chi connectivity index (χ3v) is 5.49. The number of amides is 1. The zero-order valence-electron chi connectivity index (χ0n) is 15.0. The zero-order valence-corrected chi connectivity index (χ0v) is 15.0. The largest absolute Gasteiger partial charge is 0.366 e. The molecule has 1 fully saturated rings. The Hall–Kier alpha value is -2.09. The maximum absolute atomic E-state index is 11.3. The summed E-state index contributed by atoms with van der Waals surface area (Å²) in [7, 11) is 0. The molecule has 0 aromatic heterocycles. The van der Waals surface area contributed by atoms with Crippen LogP contribution in [-0.4, -0.2) is 5.91 Å². The SMILES string of the molecule is NC(=O)c1cccc(-c2ccc(CCCC3CCCCCC3)cc2)c1. The van der Waals surface area contributed by atoms with E-state index in [1.165, 1.54) is 56.9 Å². The van der Waals surface area contributed by atoms with Crippen LogP contribution >= 0.6 is 0 Å². The van der Waals surface area contributed by atoms with Gasteiger partial charge in [-0.3, -0.25) is 4.79 Å². The number of carbonyl (C=O) groups is 1. The van der Waals surface area contributed by atoms with Crippen molar-refractivity contribution in [2.75, 3.05) is 0 Å². The second kappa shape index (κ2) is 8.84. The highest BCUT2D eigenvalue weighted by Crippen LogP contribution is 2.27. The van der Waals surface area contributed by atoms with Gasteiger partial charge in [0.05, 0.1) is 0 Å². The predicted molar refractivity (Wildman–Crippen MR) is 105 cm³/mol. The molecule has 1 saturated carbocycles. The second-order valence-corrected chi connectivity index (χ2v) is 7.39. The van der Waals surface area contributed by atoms with Crippen molar-refractivity contribution in [1.82, 2.24) is 0 Å². The Labute approximate surface area is 151 Å². The number of rotatable bonds is 6. The molecule has 0 spiro atoms. The molecule has 0 bridgehead atoms. The average molecular weight is 335 g/mol. The van der Waals surface area contributed by atoms with Crippen molar-refractivity contribution in [3.63, 3.8) is 0 Å². The van der Waals surface area contributed by atoms with E-state index in [4.69, 9.17) is 5.73 Å². The summed E-state index contributed by atoms with van der Waals surface area (Å²) in [5, 5.41) is 0. The lowest BCUT2D eigenvalue weighted by atomic mass is 9.93. The van der Waals surface area contributed by atoms with Gasteiger partial charge in [-0.15, -0.1) is 0 Å². The number of carbonyl (C=O) groups excluding carboxylic acids is 1. The number of benzene rings is 2. The first-order valence-corrected chi connectivity index (χ1v) is 9.71. The van der Waals surface area contributed by atoms with Crippen LogP contribution in [0.15, 0.2) is 48.5 Å². The smallest absolute Gasteiger partial charge is 0.248 e. The summed E-state index contributed by atoms with van der Waals surface area (Å²) in [6.07, 6.45) is 12.5. The summed E-state index contributed by atoms with van der Waals surface area (Å²) in [4.78, 5) is 11.3. The fourth-order valence-corrected chi connectivity index (χ4v) is 3.96. The molecule has 0 aliphatic heterocycles. The van der Waals surface area contributed by atoms with E-state index in [2.05, 4.69) is 24.3 Å². The van der Waals surface area contributed by atoms with Gasteiger partial charge in [-0.05, 0) is 47.6 Å². The van der Waals surface area contributed by atoms with E-state index in [1.54, 1.807) is 6.07 Å². The Kier molecular flexibility index (Phi) is 6.27. The summed E-state index contributed by atoms with van der Waals surface area (Å²) in [5.74, 6) is 0.579. The zero-order chi connectivity index (χ0) is 17.5. The van der Waals surface area contributed by atoms with Crippen molar-refractivity contribution < 1.29 is 4.79 Å². The van der Waals surface area contributed by atoms with Crippen LogP contribution in [0.2, 0.25) is 0 Å². The van der Waals surface area contributed by atoms with Crippen LogP contribution in [0.3, 0.4) is 0 Å². The minimum absolute atomic E-state index is 0.378. The van der Waals surface area contributed by atoms with Gasteiger partial charge in [0, 0.05) is 5.56 Å². The monoisotopic (exact) mass is 335 g/mol. The van der Waals surface area contributed by atoms with Crippen LogP contribution in [0.4, 0.5) is 0 Å². The van der Waals surface area contributed by atoms with Crippen LogP contribution in [0.25, 0.3) is 11.1 Å². The number of hydrogen-bond donors (Lipinski definition) is 1. The van der Waals surface area contributed by atoms with Gasteiger partial charge < -0.3 is 5.73 Å². The summed E-state index contributed by atoms with van der Waals surface area (Å²) in [6, 6.07) is 16.3. The predicted octanol–water partition coefficient (Wildman–Crippen LogP) is 5.75. The number of hydrogen-bond acceptors (Lipinski definition) is 1. The average Bonchev–Trinajstić information content (AvgIpc) is 2.91. The molecule has 0 unspecified atom stereocenters. The molecule has 0 atom stereocenters. The summed E-state index contributed by atoms with van der Waals surface area (Å²) >= 11 is 0. The maximum Gasteiger partial charge on any atom is 0.248 e. The number of aryl methyl sites for hydroxylation is 1. The fraction of sp³-hybridized carbons (Fsp3) is 0.435. The van der Waals surface area contributed by atoms with Gasteiger partial charge in [0.15, 0.2) is 0 Å². The van der Waals surface area contributed by atoms with Gasteiger partial charge in [-0.25, -0.2) is 0 Å². The molecule has 1 aliphatic rings. The van der Waals surface area contributed by atoms with Gasteiger partial charge in [-0.1, -0.05) is 81.3 Å². The normalized spacial score (nSPS) is 15.7. The van der Waals surface area contributed by atoms with E-state index in [9.17, 15) is 4.79 Å². The number of nitrogens with two attached hydrogens (primary N) is 1. The van der Waals surface area contributed by atoms with Crippen molar-refractivity contribution in [2.24, 2.45) is 11.7 Å². The summed E-state index contributed by atoms with van der Waals surface area (Å²) in [5.41, 5.74) is 9.52. The minimum atomic E-state index is -0.378. The van der Waals surface area contributed by atoms with E-state index in [0.29, 0.717) is 5.56 Å². The lowest BCUT2D eigenvalue weighted by Crippen LogP contribution is -2.10. The first-order valence-electron chi connectivity index (χ1n) is 9.71. The van der Waals surface area contributed by atoms with E-state index < -0.39 is 0 Å². The molecule has 2 N–H and O–H groups in total. The van der Waals surface area contributed by atoms with Gasteiger partial charge in [0.25, 0.3) is 0 Å². The minimum Gasteiger partial charge on any atom is -0.366 e. The van der Waals surface area contributed by atoms with E-state index in [-0.39, 0.29) is 5.91 Å². The lowest BCUT2D eigenvalue weighted by molar-refractivity contribution is 0.100. The molecule has 0 saturated heterocycles. The van der Waals surface area contributed by atoms with Gasteiger partial charge in [0.2, 0.25) is 5.91 Å². The van der Waals surface area contributed by atoms with Crippen LogP contribution < -0.4 is 5.73 Å². The van der Waals surface area contributed by atoms with Crippen LogP contribution in [-0.2, 0) is 6.42 Å². The highest BCUT2D eigenvalue weighted by atomic mass is 16.1. The first-order chi connectivity index (χ1) is 12.2. The molecule has 2 aromatic rings. The van der Waals surface area contributed by atoms with Gasteiger partial charge in [-0.2, -0.15) is 0 Å². The van der Waals surface area contributed by atoms with Crippen molar-refractivity contribution >= 4 is 5.91 Å². The molecule has 1 aliphatic carbocycles. The number of primary amides is 1. The summed E-state index contributed by atoms with van der Waals surface area (Å²) in [6.45, 7) is 0. The van der Waals surface area contributed by atoms with E-state index in [0.717, 1.165) is 23.5 Å². The molecule has 132 valence electrons. The van der Waals surface area contributed by atoms with Gasteiger partial charge in [0.1, 0.15) is 0 Å². The quantitative estimate of drug-likeness (QED) is 0.671. The Morgan fingerprint density at radius 1 is 0.920 bits per heavy atom. The Morgan fingerprint density at radius 3 is 2.32 bits per heavy atom. The second-order valence-electron chi connectivity index (χ2n) is 7.39. The molecule has 0 radical (unpaired) electrons. The molecule has 0 heterocycles. The summed E-state index contributed by atoms with van der Waals surface area (Å²) < 4.78 is 0. The molecule has 2 nitrogen and oxygen atoms in total. The molecule has 3 rings (SSSR count). The molecular weight excluding hydrogens is 306 g/mol. The Bertz CT molecular complexity index is 681. The van der Waals surface area contributed by atoms with E-state index in [1.807, 2.05) is 18.2 Å². The fourth-order valence-electron chi connectivity index (χ4n) is 3.96. The van der Waals surface area contributed by atoms with Crippen LogP contribution in [0, 0.1) is 5.92 Å². The standard InChI is InChI=1S/C23H29NO/c24-23(25)22-12-6-11-21(17-22)20-15-13-19(14-16-20)10-5-9-18-7-3-1-2-4-8-18/h6,11-18H,1-5,7-10H2,(H2,24,25). The van der Waals surface area contributed by atoms with Crippen molar-refractivity contribution in [3.05, 3.63) is 59.7 Å². The third-order valence-electron chi connectivity index (χ3n) is 5.49. The maximum atomic E-state index is 11.3. The molecule has 25 heavy (non-hydrogen) atoms. The first kappa shape index (κ1) is 17.7.